The molecule has 6 nitrogen and oxygen atoms in total. The van der Waals surface area contributed by atoms with Crippen molar-refractivity contribution in [2.24, 2.45) is 0 Å². The van der Waals surface area contributed by atoms with E-state index in [1.54, 1.807) is 40.5 Å². The van der Waals surface area contributed by atoms with Crippen molar-refractivity contribution in [2.45, 2.75) is 13.5 Å². The number of esters is 1. The molecule has 0 saturated carbocycles. The smallest absolute Gasteiger partial charge is 0.338 e. The van der Waals surface area contributed by atoms with Gasteiger partial charge in [-0.3, -0.25) is 4.79 Å². The molecule has 154 valence electrons. The number of rotatable bonds is 6. The second-order valence-corrected chi connectivity index (χ2v) is 7.81. The number of aryl methyl sites for hydroxylation is 1. The summed E-state index contributed by atoms with van der Waals surface area (Å²) in [5, 5.41) is 1.96. The van der Waals surface area contributed by atoms with Crippen LogP contribution in [-0.4, -0.2) is 31.7 Å². The van der Waals surface area contributed by atoms with Gasteiger partial charge < -0.3 is 19.1 Å². The first kappa shape index (κ1) is 20.0. The summed E-state index contributed by atoms with van der Waals surface area (Å²) in [5.41, 5.74) is 1.91. The van der Waals surface area contributed by atoms with Crippen molar-refractivity contribution in [3.63, 3.8) is 0 Å². The van der Waals surface area contributed by atoms with Crippen LogP contribution in [0.25, 0.3) is 0 Å². The summed E-state index contributed by atoms with van der Waals surface area (Å²) in [6.07, 6.45) is 0. The Bertz CT molecular complexity index is 1050. The minimum absolute atomic E-state index is 0.318. The molecule has 0 bridgehead atoms. The highest BCUT2D eigenvalue weighted by molar-refractivity contribution is 7.09. The van der Waals surface area contributed by atoms with Gasteiger partial charge in [-0.05, 0) is 42.1 Å². The van der Waals surface area contributed by atoms with Gasteiger partial charge in [0.1, 0.15) is 13.2 Å². The van der Waals surface area contributed by atoms with Gasteiger partial charge in [-0.15, -0.1) is 11.3 Å². The zero-order chi connectivity index (χ0) is 20.9. The summed E-state index contributed by atoms with van der Waals surface area (Å²) in [7, 11) is 0. The molecule has 1 amide bonds. The average molecular weight is 423 g/mol. The number of amides is 1. The van der Waals surface area contributed by atoms with Crippen molar-refractivity contribution in [1.29, 1.82) is 0 Å². The number of thiophene rings is 1. The molecule has 2 aromatic carbocycles. The second kappa shape index (κ2) is 9.00. The SMILES string of the molecule is Cc1ccccc1C(=O)OCC(=O)N(Cc1cccs1)c1ccc2c(c1)OCCO2. The van der Waals surface area contributed by atoms with Crippen LogP contribution in [-0.2, 0) is 16.1 Å². The topological polar surface area (TPSA) is 65.1 Å². The predicted octanol–water partition coefficient (Wildman–Crippen LogP) is 4.22. The van der Waals surface area contributed by atoms with Crippen LogP contribution in [0.3, 0.4) is 0 Å². The molecule has 7 heteroatoms. The zero-order valence-electron chi connectivity index (χ0n) is 16.5. The number of ether oxygens (including phenoxy) is 3. The van der Waals surface area contributed by atoms with Crippen molar-refractivity contribution >= 4 is 28.9 Å². The lowest BCUT2D eigenvalue weighted by Crippen LogP contribution is -2.34. The number of hydrogen-bond donors (Lipinski definition) is 0. The number of carbonyl (C=O) groups is 2. The molecule has 0 N–H and O–H groups in total. The number of benzene rings is 2. The minimum Gasteiger partial charge on any atom is -0.486 e. The fourth-order valence-corrected chi connectivity index (χ4v) is 3.86. The normalized spacial score (nSPS) is 12.3. The second-order valence-electron chi connectivity index (χ2n) is 6.78. The minimum atomic E-state index is -0.514. The monoisotopic (exact) mass is 423 g/mol. The molecule has 0 atom stereocenters. The molecule has 1 aliphatic rings. The van der Waals surface area contributed by atoms with Crippen molar-refractivity contribution in [1.82, 2.24) is 0 Å². The molecule has 0 spiro atoms. The fourth-order valence-electron chi connectivity index (χ4n) is 3.17. The molecule has 2 heterocycles. The van der Waals surface area contributed by atoms with E-state index >= 15 is 0 Å². The van der Waals surface area contributed by atoms with Crippen molar-refractivity contribution in [3.05, 3.63) is 76.0 Å². The molecule has 1 aromatic heterocycles. The molecule has 4 rings (SSSR count). The molecular formula is C23H21NO5S. The number of nitrogens with zero attached hydrogens (tertiary/aromatic N) is 1. The summed E-state index contributed by atoms with van der Waals surface area (Å²) in [6.45, 7) is 2.81. The Hall–Kier alpha value is -3.32. The zero-order valence-corrected chi connectivity index (χ0v) is 17.3. The van der Waals surface area contributed by atoms with E-state index < -0.39 is 5.97 Å². The summed E-state index contributed by atoms with van der Waals surface area (Å²) < 4.78 is 16.5. The van der Waals surface area contributed by atoms with Crippen LogP contribution >= 0.6 is 11.3 Å². The van der Waals surface area contributed by atoms with Gasteiger partial charge in [0.15, 0.2) is 18.1 Å². The highest BCUT2D eigenvalue weighted by Crippen LogP contribution is 2.34. The summed E-state index contributed by atoms with van der Waals surface area (Å²) in [5.74, 6) is 0.417. The Morgan fingerprint density at radius 2 is 1.83 bits per heavy atom. The Kier molecular flexibility index (Phi) is 5.99. The first-order valence-electron chi connectivity index (χ1n) is 9.57. The maximum absolute atomic E-state index is 13.0. The number of carbonyl (C=O) groups excluding carboxylic acids is 2. The Balaban J connectivity index is 1.53. The van der Waals surface area contributed by atoms with Crippen LogP contribution < -0.4 is 14.4 Å². The maximum atomic E-state index is 13.0. The highest BCUT2D eigenvalue weighted by Gasteiger charge is 2.22. The molecule has 0 radical (unpaired) electrons. The molecule has 0 unspecified atom stereocenters. The Morgan fingerprint density at radius 3 is 2.60 bits per heavy atom. The van der Waals surface area contributed by atoms with Crippen LogP contribution in [0.2, 0.25) is 0 Å². The number of anilines is 1. The molecule has 3 aromatic rings. The molecule has 0 aliphatic carbocycles. The number of hydrogen-bond acceptors (Lipinski definition) is 6. The maximum Gasteiger partial charge on any atom is 0.338 e. The third-order valence-corrected chi connectivity index (χ3v) is 5.59. The lowest BCUT2D eigenvalue weighted by atomic mass is 10.1. The molecule has 1 aliphatic heterocycles. The van der Waals surface area contributed by atoms with Crippen molar-refractivity contribution < 1.29 is 23.8 Å². The van der Waals surface area contributed by atoms with Gasteiger partial charge >= 0.3 is 5.97 Å². The van der Waals surface area contributed by atoms with E-state index in [4.69, 9.17) is 14.2 Å². The third kappa shape index (κ3) is 4.46. The van der Waals surface area contributed by atoms with Crippen LogP contribution in [0.4, 0.5) is 5.69 Å². The third-order valence-electron chi connectivity index (χ3n) is 4.72. The average Bonchev–Trinajstić information content (AvgIpc) is 3.29. The van der Waals surface area contributed by atoms with E-state index in [0.717, 1.165) is 10.4 Å². The van der Waals surface area contributed by atoms with Gasteiger partial charge in [0, 0.05) is 16.6 Å². The molecular weight excluding hydrogens is 402 g/mol. The van der Waals surface area contributed by atoms with Crippen molar-refractivity contribution in [2.75, 3.05) is 24.7 Å². The lowest BCUT2D eigenvalue weighted by Gasteiger charge is -2.25. The van der Waals surface area contributed by atoms with Gasteiger partial charge in [-0.1, -0.05) is 24.3 Å². The quantitative estimate of drug-likeness (QED) is 0.556. The van der Waals surface area contributed by atoms with Crippen LogP contribution in [0.1, 0.15) is 20.8 Å². The van der Waals surface area contributed by atoms with Crippen LogP contribution in [0, 0.1) is 6.92 Å². The van der Waals surface area contributed by atoms with Gasteiger partial charge in [-0.25, -0.2) is 4.79 Å². The summed E-state index contributed by atoms with van der Waals surface area (Å²) >= 11 is 1.56. The van der Waals surface area contributed by atoms with Gasteiger partial charge in [0.25, 0.3) is 5.91 Å². The highest BCUT2D eigenvalue weighted by atomic mass is 32.1. The van der Waals surface area contributed by atoms with E-state index in [-0.39, 0.29) is 12.5 Å². The van der Waals surface area contributed by atoms with Crippen LogP contribution in [0.15, 0.2) is 60.0 Å². The van der Waals surface area contributed by atoms with Crippen molar-refractivity contribution in [3.8, 4) is 11.5 Å². The standard InChI is InChI=1S/C23H21NO5S/c1-16-5-2-3-7-19(16)23(26)29-15-22(25)24(14-18-6-4-12-30-18)17-8-9-20-21(13-17)28-11-10-27-20/h2-9,12-13H,10-11,14-15H2,1H3. The molecule has 0 saturated heterocycles. The van der Waals surface area contributed by atoms with Gasteiger partial charge in [0.05, 0.1) is 12.1 Å². The fraction of sp³-hybridized carbons (Fsp3) is 0.217. The predicted molar refractivity (Wildman–Crippen MR) is 114 cm³/mol. The number of fused-ring (bicyclic) bond motifs is 1. The Morgan fingerprint density at radius 1 is 1.03 bits per heavy atom. The van der Waals surface area contributed by atoms with Gasteiger partial charge in [-0.2, -0.15) is 0 Å². The lowest BCUT2D eigenvalue weighted by molar-refractivity contribution is -0.121. The van der Waals surface area contributed by atoms with E-state index in [1.807, 2.05) is 42.6 Å². The summed E-state index contributed by atoms with van der Waals surface area (Å²) in [6, 6.07) is 16.4. The van der Waals surface area contributed by atoms with Gasteiger partial charge in [0.2, 0.25) is 0 Å². The summed E-state index contributed by atoms with van der Waals surface area (Å²) in [4.78, 5) is 28.1. The molecule has 0 fully saturated rings. The van der Waals surface area contributed by atoms with E-state index in [1.165, 1.54) is 0 Å². The van der Waals surface area contributed by atoms with Crippen LogP contribution in [0.5, 0.6) is 11.5 Å². The Labute approximate surface area is 178 Å². The molecule has 30 heavy (non-hydrogen) atoms. The largest absolute Gasteiger partial charge is 0.486 e. The van der Waals surface area contributed by atoms with E-state index in [0.29, 0.717) is 42.5 Å². The van der Waals surface area contributed by atoms with E-state index in [2.05, 4.69) is 0 Å². The first-order chi connectivity index (χ1) is 14.6. The first-order valence-corrected chi connectivity index (χ1v) is 10.4. The van der Waals surface area contributed by atoms with E-state index in [9.17, 15) is 9.59 Å².